The van der Waals surface area contributed by atoms with Gasteiger partial charge in [-0.1, -0.05) is 20.8 Å². The number of nitrogens with one attached hydrogen (secondary N) is 1. The number of aromatic nitrogens is 2. The molecule has 1 unspecified atom stereocenters. The molecule has 0 saturated carbocycles. The highest BCUT2D eigenvalue weighted by atomic mass is 32.1. The van der Waals surface area contributed by atoms with Crippen LogP contribution in [-0.2, 0) is 0 Å². The zero-order valence-corrected chi connectivity index (χ0v) is 9.77. The lowest BCUT2D eigenvalue weighted by atomic mass is 9.85. The number of hydrogen-bond donors (Lipinski definition) is 2. The van der Waals surface area contributed by atoms with Crippen LogP contribution in [0, 0.1) is 5.41 Å². The van der Waals surface area contributed by atoms with Crippen molar-refractivity contribution in [3.8, 4) is 0 Å². The van der Waals surface area contributed by atoms with Gasteiger partial charge in [0.2, 0.25) is 5.13 Å². The third-order valence-electron chi connectivity index (χ3n) is 2.16. The molecule has 14 heavy (non-hydrogen) atoms. The van der Waals surface area contributed by atoms with E-state index < -0.39 is 0 Å². The van der Waals surface area contributed by atoms with Gasteiger partial charge in [-0.15, -0.1) is 0 Å². The van der Waals surface area contributed by atoms with Crippen molar-refractivity contribution in [2.75, 3.05) is 11.9 Å². The van der Waals surface area contributed by atoms with Gasteiger partial charge in [-0.05, 0) is 18.4 Å². The second kappa shape index (κ2) is 4.70. The van der Waals surface area contributed by atoms with Crippen LogP contribution in [-0.4, -0.2) is 21.9 Å². The van der Waals surface area contributed by atoms with Gasteiger partial charge in [0.15, 0.2) is 0 Å². The molecule has 0 amide bonds. The Labute approximate surface area is 89.1 Å². The fourth-order valence-electron chi connectivity index (χ4n) is 1.27. The van der Waals surface area contributed by atoms with E-state index in [9.17, 15) is 0 Å². The molecule has 0 aliphatic rings. The molecule has 0 aromatic carbocycles. The highest BCUT2D eigenvalue weighted by Crippen LogP contribution is 2.25. The van der Waals surface area contributed by atoms with Gasteiger partial charge in [-0.2, -0.15) is 4.37 Å². The highest BCUT2D eigenvalue weighted by Gasteiger charge is 2.24. The molecule has 0 aliphatic heterocycles. The normalized spacial score (nSPS) is 14.0. The number of anilines is 1. The van der Waals surface area contributed by atoms with Gasteiger partial charge in [-0.25, -0.2) is 4.98 Å². The lowest BCUT2D eigenvalue weighted by Crippen LogP contribution is -2.35. The molecular formula is C9H18N4S. The summed E-state index contributed by atoms with van der Waals surface area (Å²) >= 11 is 1.38. The van der Waals surface area contributed by atoms with Crippen molar-refractivity contribution in [2.24, 2.45) is 11.1 Å². The second-order valence-electron chi connectivity index (χ2n) is 4.39. The predicted molar refractivity (Wildman–Crippen MR) is 60.4 cm³/mol. The first-order chi connectivity index (χ1) is 6.54. The molecule has 1 rings (SSSR count). The average Bonchev–Trinajstić information content (AvgIpc) is 2.54. The van der Waals surface area contributed by atoms with Crippen LogP contribution in [0.4, 0.5) is 5.13 Å². The summed E-state index contributed by atoms with van der Waals surface area (Å²) < 4.78 is 3.95. The van der Waals surface area contributed by atoms with Crippen LogP contribution in [0.1, 0.15) is 27.2 Å². The fourth-order valence-corrected chi connectivity index (χ4v) is 1.76. The van der Waals surface area contributed by atoms with Crippen LogP contribution >= 0.6 is 11.5 Å². The van der Waals surface area contributed by atoms with E-state index in [-0.39, 0.29) is 5.41 Å². The lowest BCUT2D eigenvalue weighted by Gasteiger charge is -2.30. The van der Waals surface area contributed by atoms with Crippen LogP contribution < -0.4 is 11.1 Å². The predicted octanol–water partition coefficient (Wildman–Crippen LogP) is 1.71. The van der Waals surface area contributed by atoms with Gasteiger partial charge in [-0.3, -0.25) is 0 Å². The summed E-state index contributed by atoms with van der Waals surface area (Å²) in [6, 6.07) is 0.348. The summed E-state index contributed by atoms with van der Waals surface area (Å²) in [5.74, 6) is 0. The van der Waals surface area contributed by atoms with Crippen LogP contribution in [0.3, 0.4) is 0 Å². The van der Waals surface area contributed by atoms with Crippen molar-refractivity contribution in [1.82, 2.24) is 9.36 Å². The molecule has 1 aromatic heterocycles. The number of nitrogens with two attached hydrogens (primary N) is 1. The Hall–Kier alpha value is -0.680. The molecule has 4 nitrogen and oxygen atoms in total. The zero-order valence-electron chi connectivity index (χ0n) is 8.95. The lowest BCUT2D eigenvalue weighted by molar-refractivity contribution is 0.328. The molecule has 1 aromatic rings. The minimum Gasteiger partial charge on any atom is -0.357 e. The molecule has 1 heterocycles. The highest BCUT2D eigenvalue weighted by molar-refractivity contribution is 7.09. The second-order valence-corrected chi connectivity index (χ2v) is 5.17. The van der Waals surface area contributed by atoms with Crippen molar-refractivity contribution in [1.29, 1.82) is 0 Å². The van der Waals surface area contributed by atoms with Gasteiger partial charge in [0.05, 0.1) is 0 Å². The molecular weight excluding hydrogens is 196 g/mol. The van der Waals surface area contributed by atoms with Crippen molar-refractivity contribution in [3.63, 3.8) is 0 Å². The Morgan fingerprint density at radius 2 is 2.29 bits per heavy atom. The van der Waals surface area contributed by atoms with Gasteiger partial charge in [0.1, 0.15) is 6.33 Å². The average molecular weight is 214 g/mol. The maximum absolute atomic E-state index is 5.58. The molecule has 1 atom stereocenters. The minimum atomic E-state index is 0.186. The molecule has 80 valence electrons. The van der Waals surface area contributed by atoms with Crippen LogP contribution in [0.5, 0.6) is 0 Å². The van der Waals surface area contributed by atoms with Gasteiger partial charge in [0, 0.05) is 17.6 Å². The molecule has 0 radical (unpaired) electrons. The molecule has 0 fully saturated rings. The summed E-state index contributed by atoms with van der Waals surface area (Å²) in [6.45, 7) is 7.28. The summed E-state index contributed by atoms with van der Waals surface area (Å²) in [6.07, 6.45) is 2.51. The first-order valence-electron chi connectivity index (χ1n) is 4.77. The number of rotatable bonds is 4. The Kier molecular flexibility index (Phi) is 3.83. The van der Waals surface area contributed by atoms with Crippen molar-refractivity contribution in [2.45, 2.75) is 33.2 Å². The zero-order chi connectivity index (χ0) is 10.6. The molecule has 0 aliphatic carbocycles. The van der Waals surface area contributed by atoms with Crippen molar-refractivity contribution in [3.05, 3.63) is 6.33 Å². The van der Waals surface area contributed by atoms with Crippen LogP contribution in [0.15, 0.2) is 6.33 Å². The van der Waals surface area contributed by atoms with Gasteiger partial charge >= 0.3 is 0 Å². The van der Waals surface area contributed by atoms with Crippen LogP contribution in [0.25, 0.3) is 0 Å². The topological polar surface area (TPSA) is 63.8 Å². The van der Waals surface area contributed by atoms with Crippen molar-refractivity contribution >= 4 is 16.7 Å². The standard InChI is InChI=1S/C9H18N4S/c1-9(2,3)7(4-5-10)13-8-11-6-12-14-8/h6-7H,4-5,10H2,1-3H3,(H,11,12,13). The summed E-state index contributed by atoms with van der Waals surface area (Å²) in [5.41, 5.74) is 5.77. The monoisotopic (exact) mass is 214 g/mol. The van der Waals surface area contributed by atoms with E-state index in [2.05, 4.69) is 35.4 Å². The Bertz CT molecular complexity index is 252. The summed E-state index contributed by atoms with van der Waals surface area (Å²) in [5, 5.41) is 4.24. The van der Waals surface area contributed by atoms with Crippen LogP contribution in [0.2, 0.25) is 0 Å². The first kappa shape index (κ1) is 11.4. The van der Waals surface area contributed by atoms with Gasteiger partial charge < -0.3 is 11.1 Å². The Morgan fingerprint density at radius 1 is 1.57 bits per heavy atom. The summed E-state index contributed by atoms with van der Waals surface area (Å²) in [4.78, 5) is 4.11. The number of hydrogen-bond acceptors (Lipinski definition) is 5. The van der Waals surface area contributed by atoms with E-state index in [1.165, 1.54) is 11.5 Å². The Morgan fingerprint density at radius 3 is 2.71 bits per heavy atom. The van der Waals surface area contributed by atoms with E-state index in [0.29, 0.717) is 12.6 Å². The largest absolute Gasteiger partial charge is 0.357 e. The van der Waals surface area contributed by atoms with E-state index in [4.69, 9.17) is 5.73 Å². The number of nitrogens with zero attached hydrogens (tertiary/aromatic N) is 2. The van der Waals surface area contributed by atoms with Crippen molar-refractivity contribution < 1.29 is 0 Å². The van der Waals surface area contributed by atoms with E-state index in [1.54, 1.807) is 6.33 Å². The maximum Gasteiger partial charge on any atom is 0.202 e. The smallest absolute Gasteiger partial charge is 0.202 e. The van der Waals surface area contributed by atoms with Gasteiger partial charge in [0.25, 0.3) is 0 Å². The first-order valence-corrected chi connectivity index (χ1v) is 5.54. The van der Waals surface area contributed by atoms with E-state index >= 15 is 0 Å². The fraction of sp³-hybridized carbons (Fsp3) is 0.778. The van der Waals surface area contributed by atoms with E-state index in [0.717, 1.165) is 11.6 Å². The quantitative estimate of drug-likeness (QED) is 0.801. The molecule has 0 bridgehead atoms. The third kappa shape index (κ3) is 3.23. The van der Waals surface area contributed by atoms with E-state index in [1.807, 2.05) is 0 Å². The molecule has 0 saturated heterocycles. The maximum atomic E-state index is 5.58. The molecule has 3 N–H and O–H groups in total. The Balaban J connectivity index is 2.60. The summed E-state index contributed by atoms with van der Waals surface area (Å²) in [7, 11) is 0. The minimum absolute atomic E-state index is 0.186. The molecule has 5 heteroatoms. The molecule has 0 spiro atoms. The SMILES string of the molecule is CC(C)(C)C(CCN)Nc1ncns1. The third-order valence-corrected chi connectivity index (χ3v) is 2.76.